The van der Waals surface area contributed by atoms with E-state index in [1.165, 1.54) is 44.9 Å². The Morgan fingerprint density at radius 3 is 2.24 bits per heavy atom. The van der Waals surface area contributed by atoms with E-state index in [0.29, 0.717) is 5.57 Å². The minimum atomic E-state index is -0.247. The maximum Gasteiger partial charge on any atom is 0.333 e. The van der Waals surface area contributed by atoms with Crippen LogP contribution in [0.15, 0.2) is 12.2 Å². The number of carbonyl (C=O) groups excluding carboxylic acids is 1. The van der Waals surface area contributed by atoms with E-state index >= 15 is 0 Å². The number of hydrogen-bond acceptors (Lipinski definition) is 2. The first-order chi connectivity index (χ1) is 7.99. The number of ether oxygens (including phenoxy) is 1. The summed E-state index contributed by atoms with van der Waals surface area (Å²) in [6, 6.07) is 0. The molecule has 0 radical (unpaired) electrons. The van der Waals surface area contributed by atoms with Gasteiger partial charge in [-0.05, 0) is 46.0 Å². The molecule has 2 fully saturated rings. The lowest BCUT2D eigenvalue weighted by Crippen LogP contribution is -2.46. The highest BCUT2D eigenvalue weighted by molar-refractivity contribution is 5.87. The Labute approximate surface area is 104 Å². The highest BCUT2D eigenvalue weighted by Crippen LogP contribution is 2.56. The number of carbonyl (C=O) groups is 1. The molecule has 17 heavy (non-hydrogen) atoms. The van der Waals surface area contributed by atoms with Crippen molar-refractivity contribution in [3.63, 3.8) is 0 Å². The van der Waals surface area contributed by atoms with Gasteiger partial charge in [-0.15, -0.1) is 0 Å². The van der Waals surface area contributed by atoms with Crippen LogP contribution < -0.4 is 0 Å². The van der Waals surface area contributed by atoms with Crippen molar-refractivity contribution < 1.29 is 9.53 Å². The second-order valence-electron chi connectivity index (χ2n) is 6.10. The zero-order valence-electron chi connectivity index (χ0n) is 11.2. The van der Waals surface area contributed by atoms with E-state index in [9.17, 15) is 4.79 Å². The van der Waals surface area contributed by atoms with Crippen LogP contribution in [0.5, 0.6) is 0 Å². The Kier molecular flexibility index (Phi) is 3.33. The molecule has 0 heterocycles. The Hall–Kier alpha value is -0.790. The van der Waals surface area contributed by atoms with Crippen molar-refractivity contribution in [3.8, 4) is 0 Å². The molecule has 96 valence electrons. The number of rotatable bonds is 2. The van der Waals surface area contributed by atoms with Crippen molar-refractivity contribution >= 4 is 5.97 Å². The molecule has 1 atom stereocenters. The fourth-order valence-electron chi connectivity index (χ4n) is 3.75. The van der Waals surface area contributed by atoms with Gasteiger partial charge in [-0.2, -0.15) is 0 Å². The molecular weight excluding hydrogens is 212 g/mol. The van der Waals surface area contributed by atoms with Gasteiger partial charge in [-0.1, -0.05) is 25.8 Å². The van der Waals surface area contributed by atoms with E-state index in [1.807, 2.05) is 0 Å². The van der Waals surface area contributed by atoms with E-state index in [2.05, 4.69) is 13.5 Å². The van der Waals surface area contributed by atoms with Crippen LogP contribution in [0.4, 0.5) is 0 Å². The molecule has 0 aromatic rings. The van der Waals surface area contributed by atoms with Crippen LogP contribution in [0, 0.1) is 5.41 Å². The average molecular weight is 236 g/mol. The van der Waals surface area contributed by atoms with Gasteiger partial charge >= 0.3 is 5.97 Å². The van der Waals surface area contributed by atoms with E-state index in [-0.39, 0.29) is 17.0 Å². The molecule has 2 aliphatic carbocycles. The van der Waals surface area contributed by atoms with Gasteiger partial charge in [0.1, 0.15) is 5.60 Å². The van der Waals surface area contributed by atoms with Gasteiger partial charge in [0.05, 0.1) is 0 Å². The van der Waals surface area contributed by atoms with Crippen LogP contribution in [-0.4, -0.2) is 11.6 Å². The molecule has 2 heteroatoms. The van der Waals surface area contributed by atoms with Gasteiger partial charge in [0.25, 0.3) is 0 Å². The molecule has 1 unspecified atom stereocenters. The predicted molar refractivity (Wildman–Crippen MR) is 68.7 cm³/mol. The molecule has 0 saturated heterocycles. The van der Waals surface area contributed by atoms with Crippen LogP contribution in [0.1, 0.15) is 65.2 Å². The summed E-state index contributed by atoms with van der Waals surface area (Å²) in [6.07, 6.45) is 9.82. The van der Waals surface area contributed by atoms with E-state index in [4.69, 9.17) is 4.74 Å². The maximum atomic E-state index is 11.8. The summed E-state index contributed by atoms with van der Waals surface area (Å²) < 4.78 is 5.82. The third-order valence-electron chi connectivity index (χ3n) is 4.91. The third-order valence-corrected chi connectivity index (χ3v) is 4.91. The summed E-state index contributed by atoms with van der Waals surface area (Å²) in [5.74, 6) is -0.209. The van der Waals surface area contributed by atoms with Crippen LogP contribution in [0.2, 0.25) is 0 Å². The van der Waals surface area contributed by atoms with Crippen molar-refractivity contribution in [1.29, 1.82) is 0 Å². The Morgan fingerprint density at radius 2 is 1.65 bits per heavy atom. The normalized spacial score (nSPS) is 31.4. The molecule has 2 rings (SSSR count). The smallest absolute Gasteiger partial charge is 0.333 e. The molecule has 2 saturated carbocycles. The molecule has 0 aromatic carbocycles. The monoisotopic (exact) mass is 236 g/mol. The van der Waals surface area contributed by atoms with E-state index < -0.39 is 0 Å². The van der Waals surface area contributed by atoms with Gasteiger partial charge in [0.2, 0.25) is 0 Å². The van der Waals surface area contributed by atoms with E-state index in [0.717, 1.165) is 6.42 Å². The SMILES string of the molecule is C=C(C)C(=O)OC1(C)CCCC12CCCCC2. The minimum Gasteiger partial charge on any atom is -0.455 e. The fraction of sp³-hybridized carbons (Fsp3) is 0.800. The topological polar surface area (TPSA) is 26.3 Å². The first-order valence-corrected chi connectivity index (χ1v) is 6.88. The molecule has 2 nitrogen and oxygen atoms in total. The first kappa shape index (κ1) is 12.7. The first-order valence-electron chi connectivity index (χ1n) is 6.88. The zero-order valence-corrected chi connectivity index (χ0v) is 11.2. The lowest BCUT2D eigenvalue weighted by molar-refractivity contribution is -0.168. The highest BCUT2D eigenvalue weighted by Gasteiger charge is 2.54. The van der Waals surface area contributed by atoms with Crippen molar-refractivity contribution in [3.05, 3.63) is 12.2 Å². The molecule has 1 spiro atoms. The van der Waals surface area contributed by atoms with Crippen molar-refractivity contribution in [2.24, 2.45) is 5.41 Å². The lowest BCUT2D eigenvalue weighted by Gasteiger charge is -2.45. The van der Waals surface area contributed by atoms with Crippen molar-refractivity contribution in [2.75, 3.05) is 0 Å². The quantitative estimate of drug-likeness (QED) is 0.535. The molecule has 0 N–H and O–H groups in total. The Bertz CT molecular complexity index is 326. The van der Waals surface area contributed by atoms with Crippen LogP contribution in [-0.2, 0) is 9.53 Å². The molecule has 0 bridgehead atoms. The standard InChI is InChI=1S/C15H24O2/c1-12(2)13(16)17-14(3)8-7-11-15(14)9-5-4-6-10-15/h1,4-11H2,2-3H3. The van der Waals surface area contributed by atoms with Crippen LogP contribution in [0.25, 0.3) is 0 Å². The summed E-state index contributed by atoms with van der Waals surface area (Å²) in [7, 11) is 0. The molecule has 2 aliphatic rings. The van der Waals surface area contributed by atoms with E-state index in [1.54, 1.807) is 6.92 Å². The largest absolute Gasteiger partial charge is 0.455 e. The summed E-state index contributed by atoms with van der Waals surface area (Å²) >= 11 is 0. The molecular formula is C15H24O2. The summed E-state index contributed by atoms with van der Waals surface area (Å²) in [6.45, 7) is 7.56. The lowest BCUT2D eigenvalue weighted by atomic mass is 9.65. The zero-order chi connectivity index (χ0) is 12.5. The molecule has 0 aliphatic heterocycles. The van der Waals surface area contributed by atoms with Crippen molar-refractivity contribution in [1.82, 2.24) is 0 Å². The van der Waals surface area contributed by atoms with Gasteiger partial charge < -0.3 is 4.74 Å². The van der Waals surface area contributed by atoms with Gasteiger partial charge in [-0.3, -0.25) is 0 Å². The Balaban J connectivity index is 2.16. The highest BCUT2D eigenvalue weighted by atomic mass is 16.6. The second kappa shape index (κ2) is 4.47. The summed E-state index contributed by atoms with van der Waals surface area (Å²) in [4.78, 5) is 11.8. The summed E-state index contributed by atoms with van der Waals surface area (Å²) in [5, 5.41) is 0. The molecule has 0 aromatic heterocycles. The second-order valence-corrected chi connectivity index (χ2v) is 6.10. The van der Waals surface area contributed by atoms with Crippen LogP contribution in [0.3, 0.4) is 0 Å². The predicted octanol–water partition coefficient (Wildman–Crippen LogP) is 4.00. The average Bonchev–Trinajstić information content (AvgIpc) is 2.57. The molecule has 0 amide bonds. The number of esters is 1. The maximum absolute atomic E-state index is 11.8. The number of hydrogen-bond donors (Lipinski definition) is 0. The fourth-order valence-corrected chi connectivity index (χ4v) is 3.75. The van der Waals surface area contributed by atoms with Gasteiger partial charge in [-0.25, -0.2) is 4.79 Å². The minimum absolute atomic E-state index is 0.209. The Morgan fingerprint density at radius 1 is 1.06 bits per heavy atom. The third kappa shape index (κ3) is 2.14. The van der Waals surface area contributed by atoms with Crippen molar-refractivity contribution in [2.45, 2.75) is 70.8 Å². The van der Waals surface area contributed by atoms with Gasteiger partial charge in [0.15, 0.2) is 0 Å². The van der Waals surface area contributed by atoms with Gasteiger partial charge in [0, 0.05) is 11.0 Å². The van der Waals surface area contributed by atoms with Crippen LogP contribution >= 0.6 is 0 Å². The summed E-state index contributed by atoms with van der Waals surface area (Å²) in [5.41, 5.74) is 0.531.